The van der Waals surface area contributed by atoms with Crippen LogP contribution in [0.25, 0.3) is 11.3 Å². The summed E-state index contributed by atoms with van der Waals surface area (Å²) < 4.78 is 2.05. The molecule has 2 aromatic rings. The molecule has 0 unspecified atom stereocenters. The van der Waals surface area contributed by atoms with Crippen LogP contribution in [0, 0.1) is 0 Å². The fourth-order valence-electron chi connectivity index (χ4n) is 3.23. The van der Waals surface area contributed by atoms with E-state index in [-0.39, 0.29) is 5.41 Å². The van der Waals surface area contributed by atoms with Crippen LogP contribution in [0.3, 0.4) is 0 Å². The molecule has 19 heavy (non-hydrogen) atoms. The molecule has 3 nitrogen and oxygen atoms in total. The molecule has 1 aromatic heterocycles. The Morgan fingerprint density at radius 2 is 2.00 bits per heavy atom. The molecule has 0 amide bonds. The number of rotatable bonds is 4. The molecule has 1 aliphatic rings. The van der Waals surface area contributed by atoms with Gasteiger partial charge in [0.1, 0.15) is 0 Å². The van der Waals surface area contributed by atoms with Crippen molar-refractivity contribution in [2.45, 2.75) is 31.1 Å². The van der Waals surface area contributed by atoms with E-state index in [2.05, 4.69) is 47.2 Å². The number of nitrogens with two attached hydrogens (primary N) is 1. The second kappa shape index (κ2) is 4.82. The summed E-state index contributed by atoms with van der Waals surface area (Å²) in [5.41, 5.74) is 9.69. The van der Waals surface area contributed by atoms with Crippen molar-refractivity contribution in [3.05, 3.63) is 42.1 Å². The first-order chi connectivity index (χ1) is 9.25. The Morgan fingerprint density at radius 1 is 1.26 bits per heavy atom. The first kappa shape index (κ1) is 12.4. The molecule has 1 fully saturated rings. The zero-order valence-electron chi connectivity index (χ0n) is 11.5. The van der Waals surface area contributed by atoms with Crippen molar-refractivity contribution in [2.75, 3.05) is 6.54 Å². The highest BCUT2D eigenvalue weighted by atomic mass is 15.3. The smallest absolute Gasteiger partial charge is 0.0926 e. The van der Waals surface area contributed by atoms with Gasteiger partial charge in [-0.1, -0.05) is 36.8 Å². The van der Waals surface area contributed by atoms with Crippen LogP contribution in [0.2, 0.25) is 0 Å². The number of hydrogen-bond acceptors (Lipinski definition) is 2. The Labute approximate surface area is 114 Å². The van der Waals surface area contributed by atoms with E-state index in [4.69, 9.17) is 5.73 Å². The number of benzene rings is 1. The first-order valence-corrected chi connectivity index (χ1v) is 7.05. The average molecular weight is 255 g/mol. The van der Waals surface area contributed by atoms with Crippen molar-refractivity contribution in [3.8, 4) is 11.3 Å². The summed E-state index contributed by atoms with van der Waals surface area (Å²) in [5, 5.41) is 4.69. The lowest BCUT2D eigenvalue weighted by molar-refractivity contribution is 0.215. The minimum absolute atomic E-state index is 0.281. The van der Waals surface area contributed by atoms with Gasteiger partial charge < -0.3 is 5.73 Å². The number of aromatic nitrogens is 2. The highest BCUT2D eigenvalue weighted by Crippen LogP contribution is 2.46. The van der Waals surface area contributed by atoms with Gasteiger partial charge in [0.05, 0.1) is 5.69 Å². The summed E-state index contributed by atoms with van der Waals surface area (Å²) in [4.78, 5) is 0. The lowest BCUT2D eigenvalue weighted by Gasteiger charge is -2.41. The van der Waals surface area contributed by atoms with Gasteiger partial charge >= 0.3 is 0 Å². The van der Waals surface area contributed by atoms with Crippen molar-refractivity contribution in [3.63, 3.8) is 0 Å². The van der Waals surface area contributed by atoms with Crippen molar-refractivity contribution in [1.29, 1.82) is 0 Å². The van der Waals surface area contributed by atoms with E-state index in [0.717, 1.165) is 18.7 Å². The summed E-state index contributed by atoms with van der Waals surface area (Å²) in [6.45, 7) is 0.756. The zero-order chi connectivity index (χ0) is 13.3. The quantitative estimate of drug-likeness (QED) is 0.913. The maximum atomic E-state index is 5.80. The van der Waals surface area contributed by atoms with Crippen molar-refractivity contribution >= 4 is 0 Å². The molecule has 0 aliphatic heterocycles. The van der Waals surface area contributed by atoms with E-state index < -0.39 is 0 Å². The Morgan fingerprint density at radius 3 is 2.58 bits per heavy atom. The molecule has 1 aliphatic carbocycles. The maximum Gasteiger partial charge on any atom is 0.0926 e. The van der Waals surface area contributed by atoms with Gasteiger partial charge in [0.15, 0.2) is 0 Å². The third-order valence-electron chi connectivity index (χ3n) is 4.43. The second-order valence-electron chi connectivity index (χ2n) is 5.58. The van der Waals surface area contributed by atoms with Crippen molar-refractivity contribution in [2.24, 2.45) is 12.8 Å². The van der Waals surface area contributed by atoms with E-state index in [1.54, 1.807) is 0 Å². The Bertz CT molecular complexity index is 553. The molecule has 0 spiro atoms. The van der Waals surface area contributed by atoms with Crippen LogP contribution in [0.1, 0.15) is 31.4 Å². The van der Waals surface area contributed by atoms with Crippen LogP contribution in [-0.4, -0.2) is 16.3 Å². The molecule has 0 atom stereocenters. The van der Waals surface area contributed by atoms with Gasteiger partial charge in [0.2, 0.25) is 0 Å². The molecule has 1 saturated carbocycles. The Kier molecular flexibility index (Phi) is 3.15. The van der Waals surface area contributed by atoms with Crippen LogP contribution in [0.15, 0.2) is 36.4 Å². The molecular weight excluding hydrogens is 234 g/mol. The van der Waals surface area contributed by atoms with Crippen LogP contribution in [0.4, 0.5) is 0 Å². The molecule has 3 heteroatoms. The fourth-order valence-corrected chi connectivity index (χ4v) is 3.23. The highest BCUT2D eigenvalue weighted by molar-refractivity contribution is 5.59. The van der Waals surface area contributed by atoms with Crippen LogP contribution < -0.4 is 5.73 Å². The van der Waals surface area contributed by atoms with E-state index in [1.165, 1.54) is 30.5 Å². The minimum atomic E-state index is 0.281. The summed E-state index contributed by atoms with van der Waals surface area (Å²) >= 11 is 0. The van der Waals surface area contributed by atoms with Gasteiger partial charge in [0.25, 0.3) is 0 Å². The molecular formula is C16H21N3. The van der Waals surface area contributed by atoms with Crippen molar-refractivity contribution in [1.82, 2.24) is 9.78 Å². The predicted octanol–water partition coefficient (Wildman–Crippen LogP) is 2.86. The van der Waals surface area contributed by atoms with E-state index in [9.17, 15) is 0 Å². The van der Waals surface area contributed by atoms with Gasteiger partial charge in [-0.2, -0.15) is 5.10 Å². The summed E-state index contributed by atoms with van der Waals surface area (Å²) in [5.74, 6) is 0. The summed E-state index contributed by atoms with van der Waals surface area (Å²) in [6.07, 6.45) is 4.88. The molecule has 0 saturated heterocycles. The van der Waals surface area contributed by atoms with Crippen LogP contribution in [0.5, 0.6) is 0 Å². The Balaban J connectivity index is 1.98. The van der Waals surface area contributed by atoms with E-state index >= 15 is 0 Å². The lowest BCUT2D eigenvalue weighted by Crippen LogP contribution is -2.38. The largest absolute Gasteiger partial charge is 0.330 e. The number of nitrogens with zero attached hydrogens (tertiary/aromatic N) is 2. The summed E-state index contributed by atoms with van der Waals surface area (Å²) in [6, 6.07) is 12.6. The van der Waals surface area contributed by atoms with Gasteiger partial charge in [-0.15, -0.1) is 0 Å². The summed E-state index contributed by atoms with van der Waals surface area (Å²) in [7, 11) is 2.05. The first-order valence-electron chi connectivity index (χ1n) is 7.05. The SMILES string of the molecule is Cn1nc(-c2ccccc2)cc1C1(CCN)CCC1. The lowest BCUT2D eigenvalue weighted by atomic mass is 9.64. The normalized spacial score (nSPS) is 17.2. The monoisotopic (exact) mass is 255 g/mol. The topological polar surface area (TPSA) is 43.8 Å². The third kappa shape index (κ3) is 2.08. The van der Waals surface area contributed by atoms with Gasteiger partial charge in [-0.05, 0) is 31.9 Å². The van der Waals surface area contributed by atoms with E-state index in [0.29, 0.717) is 0 Å². The average Bonchev–Trinajstić information content (AvgIpc) is 2.77. The molecule has 0 radical (unpaired) electrons. The van der Waals surface area contributed by atoms with Crippen molar-refractivity contribution < 1.29 is 0 Å². The molecule has 0 bridgehead atoms. The van der Waals surface area contributed by atoms with Crippen LogP contribution >= 0.6 is 0 Å². The van der Waals surface area contributed by atoms with Gasteiger partial charge in [0, 0.05) is 23.7 Å². The highest BCUT2D eigenvalue weighted by Gasteiger charge is 2.40. The molecule has 3 rings (SSSR count). The zero-order valence-corrected chi connectivity index (χ0v) is 11.5. The van der Waals surface area contributed by atoms with E-state index in [1.807, 2.05) is 6.07 Å². The molecule has 2 N–H and O–H groups in total. The Hall–Kier alpha value is -1.61. The standard InChI is InChI=1S/C16H21N3/c1-19-15(16(10-11-17)8-5-9-16)12-14(18-19)13-6-3-2-4-7-13/h2-4,6-7,12H,5,8-11,17H2,1H3. The third-order valence-corrected chi connectivity index (χ3v) is 4.43. The number of aryl methyl sites for hydroxylation is 1. The maximum absolute atomic E-state index is 5.80. The second-order valence-corrected chi connectivity index (χ2v) is 5.58. The molecule has 1 aromatic carbocycles. The number of hydrogen-bond donors (Lipinski definition) is 1. The van der Waals surface area contributed by atoms with Crippen LogP contribution in [-0.2, 0) is 12.5 Å². The molecule has 1 heterocycles. The van der Waals surface area contributed by atoms with Gasteiger partial charge in [-0.25, -0.2) is 0 Å². The minimum Gasteiger partial charge on any atom is -0.330 e. The van der Waals surface area contributed by atoms with Gasteiger partial charge in [-0.3, -0.25) is 4.68 Å². The molecule has 100 valence electrons. The predicted molar refractivity (Wildman–Crippen MR) is 77.8 cm³/mol. The fraction of sp³-hybridized carbons (Fsp3) is 0.438.